The number of benzene rings is 3. The Labute approximate surface area is 389 Å². The molecule has 1 aliphatic carbocycles. The van der Waals surface area contributed by atoms with Gasteiger partial charge in [0.25, 0.3) is 11.2 Å². The number of sulfone groups is 1. The van der Waals surface area contributed by atoms with Crippen LogP contribution in [-0.2, 0) is 64.6 Å². The van der Waals surface area contributed by atoms with Crippen molar-refractivity contribution in [1.29, 1.82) is 0 Å². The molecule has 0 spiro atoms. The summed E-state index contributed by atoms with van der Waals surface area (Å²) < 4.78 is 89.5. The Hall–Kier alpha value is -6.86. The van der Waals surface area contributed by atoms with Crippen molar-refractivity contribution < 1.29 is 84.2 Å². The number of carbonyl (C=O) groups is 5. The van der Waals surface area contributed by atoms with Crippen molar-refractivity contribution >= 4 is 52.4 Å². The van der Waals surface area contributed by atoms with Gasteiger partial charge in [-0.3, -0.25) is 48.5 Å². The molecule has 0 saturated heterocycles. The van der Waals surface area contributed by atoms with Crippen molar-refractivity contribution in [3.05, 3.63) is 120 Å². The minimum absolute atomic E-state index is 0.0668. The van der Waals surface area contributed by atoms with Gasteiger partial charge in [-0.2, -0.15) is 13.2 Å². The van der Waals surface area contributed by atoms with E-state index < -0.39 is 111 Å². The Morgan fingerprint density at radius 1 is 0.986 bits per heavy atom. The molecule has 1 unspecified atom stereocenters. The predicted octanol–water partition coefficient (Wildman–Crippen LogP) is 3.55. The maximum Gasteiger partial charge on any atom is 0.431 e. The summed E-state index contributed by atoms with van der Waals surface area (Å²) in [5.41, 5.74) is -2.97. The summed E-state index contributed by atoms with van der Waals surface area (Å²) in [7, 11) is -5.58. The van der Waals surface area contributed by atoms with E-state index in [2.05, 4.69) is 5.32 Å². The van der Waals surface area contributed by atoms with Crippen LogP contribution in [0.4, 0.5) is 18.9 Å². The van der Waals surface area contributed by atoms with Crippen LogP contribution in [0.1, 0.15) is 60.3 Å². The van der Waals surface area contributed by atoms with Crippen molar-refractivity contribution in [2.75, 3.05) is 26.2 Å². The summed E-state index contributed by atoms with van der Waals surface area (Å²) in [6.07, 6.45) is -4.14. The molecule has 22 nitrogen and oxygen atoms in total. The highest BCUT2D eigenvalue weighted by Crippen LogP contribution is 2.32. The third-order valence-corrected chi connectivity index (χ3v) is 11.4. The molecule has 0 bridgehead atoms. The number of Topliss-reactive ketones (excluding diaryl/α,β-unsaturated/α-hetero) is 3. The summed E-state index contributed by atoms with van der Waals surface area (Å²) in [5, 5.41) is 21.2. The van der Waals surface area contributed by atoms with Crippen LogP contribution in [0.25, 0.3) is 5.69 Å². The van der Waals surface area contributed by atoms with Gasteiger partial charge < -0.3 is 29.1 Å². The van der Waals surface area contributed by atoms with E-state index in [9.17, 15) is 69.8 Å². The number of alkyl halides is 3. The predicted molar refractivity (Wildman–Crippen MR) is 235 cm³/mol. The minimum Gasteiger partial charge on any atom is -0.489 e. The lowest BCUT2D eigenvalue weighted by Crippen LogP contribution is -2.40. The molecule has 5 rings (SSSR count). The number of carboxylic acid groups (broad SMARTS) is 1. The molecule has 69 heavy (non-hydrogen) atoms. The van der Waals surface area contributed by atoms with Crippen LogP contribution in [0.15, 0.2) is 81.2 Å². The van der Waals surface area contributed by atoms with Crippen LogP contribution in [0.2, 0.25) is 0 Å². The first-order valence-corrected chi connectivity index (χ1v) is 23.7. The number of aliphatic carboxylic acids is 1. The number of nitrogens with one attached hydrogen (secondary N) is 1. The Kier molecular flexibility index (Phi) is 19.6. The number of hydrogen-bond donors (Lipinski definition) is 4. The number of halogens is 3. The van der Waals surface area contributed by atoms with Gasteiger partial charge in [0.15, 0.2) is 33.3 Å². The van der Waals surface area contributed by atoms with Gasteiger partial charge >= 0.3 is 31.4 Å². The molecule has 1 saturated carbocycles. The molecule has 1 aromatic heterocycles. The van der Waals surface area contributed by atoms with E-state index in [1.807, 2.05) is 25.1 Å². The van der Waals surface area contributed by atoms with Crippen molar-refractivity contribution in [1.82, 2.24) is 14.5 Å². The van der Waals surface area contributed by atoms with Crippen molar-refractivity contribution in [2.24, 2.45) is 13.0 Å². The maximum atomic E-state index is 13.1. The molecule has 1 fully saturated rings. The van der Waals surface area contributed by atoms with E-state index in [4.69, 9.17) is 29.1 Å². The average Bonchev–Trinajstić information content (AvgIpc) is 3.26. The summed E-state index contributed by atoms with van der Waals surface area (Å²) >= 11 is 0. The van der Waals surface area contributed by atoms with Crippen LogP contribution in [0.3, 0.4) is 0 Å². The van der Waals surface area contributed by atoms with Crippen LogP contribution in [0.5, 0.6) is 11.5 Å². The first-order valence-electron chi connectivity index (χ1n) is 20.1. The molecule has 3 aromatic carbocycles. The molecular weight excluding hydrogens is 969 g/mol. The van der Waals surface area contributed by atoms with Gasteiger partial charge in [0.2, 0.25) is 0 Å². The number of nitrogens with zero attached hydrogens (tertiary/aromatic N) is 3. The van der Waals surface area contributed by atoms with E-state index in [-0.39, 0.29) is 30.0 Å². The van der Waals surface area contributed by atoms with Crippen molar-refractivity contribution in [3.8, 4) is 17.2 Å². The minimum atomic E-state index is -4.84. The summed E-state index contributed by atoms with van der Waals surface area (Å²) in [4.78, 5) is 109. The zero-order chi connectivity index (χ0) is 52.2. The second kappa shape index (κ2) is 23.9. The molecule has 0 radical (unpaired) electrons. The first kappa shape index (κ1) is 56.5. The summed E-state index contributed by atoms with van der Waals surface area (Å²) in [6.45, 7) is 3.19. The number of ether oxygens (including phenoxy) is 3. The van der Waals surface area contributed by atoms with Gasteiger partial charge in [-0.05, 0) is 67.8 Å². The molecule has 4 aromatic rings. The number of hydrogen-bond acceptors (Lipinski definition) is 16. The summed E-state index contributed by atoms with van der Waals surface area (Å²) in [6, 6.07) is 14.5. The monoisotopic (exact) mass is 1010 g/mol. The number of methoxy groups -OCH3 is 1. The second-order valence-electron chi connectivity index (χ2n) is 14.8. The maximum absolute atomic E-state index is 13.1. The molecule has 1 atom stereocenters. The molecule has 1 aliphatic rings. The molecule has 27 heteroatoms. The van der Waals surface area contributed by atoms with Crippen molar-refractivity contribution in [2.45, 2.75) is 63.3 Å². The Morgan fingerprint density at radius 2 is 1.59 bits per heavy atom. The Bertz CT molecular complexity index is 2860. The number of carboxylic acids is 1. The lowest BCUT2D eigenvalue weighted by atomic mass is 9.81. The standard InChI is InChI=1S/C25H25F3N2O6.C14H13NO7S.C3H8NO5P/c1-5-16-6-7-17(20(12-16)36-15(2)23(32)34-4)14-35-19-10-8-18(9-11-19)30-22(31)13-21(25(26,27)28)29(3)24(30)33;1-23(21,22)8-5-6-9(10(7-8)15(19)20)14(18)13-11(16)3-2-4-12(13)17;5-3(6)1-4-2-10(7,8)9/h6-13,15H,5,14H2,1-4H3;5-7,13H,2-4H2,1H3;4H,1-2H2,(H,5,6)(H2,7,8,9). The highest BCUT2D eigenvalue weighted by Gasteiger charge is 2.39. The highest BCUT2D eigenvalue weighted by molar-refractivity contribution is 7.90. The van der Waals surface area contributed by atoms with E-state index in [1.54, 1.807) is 6.92 Å². The third-order valence-electron chi connectivity index (χ3n) is 9.68. The molecule has 0 amide bonds. The number of nitro groups is 1. The lowest BCUT2D eigenvalue weighted by molar-refractivity contribution is -0.385. The fraction of sp³-hybridized carbons (Fsp3) is 0.357. The zero-order valence-corrected chi connectivity index (χ0v) is 39.0. The number of aryl methyl sites for hydroxylation is 1. The Morgan fingerprint density at radius 3 is 2.10 bits per heavy atom. The van der Waals surface area contributed by atoms with Crippen LogP contribution >= 0.6 is 7.60 Å². The molecule has 4 N–H and O–H groups in total. The van der Waals surface area contributed by atoms with Crippen LogP contribution in [-0.4, -0.2) is 99.0 Å². The molecule has 1 heterocycles. The van der Waals surface area contributed by atoms with Gasteiger partial charge in [-0.25, -0.2) is 22.6 Å². The lowest BCUT2D eigenvalue weighted by Gasteiger charge is -2.18. The number of aromatic nitrogens is 2. The zero-order valence-electron chi connectivity index (χ0n) is 37.3. The highest BCUT2D eigenvalue weighted by atomic mass is 32.2. The first-order chi connectivity index (χ1) is 32.0. The van der Waals surface area contributed by atoms with Gasteiger partial charge in [0.05, 0.1) is 41.0 Å². The second-order valence-corrected chi connectivity index (χ2v) is 18.5. The molecule has 0 aliphatic heterocycles. The van der Waals surface area contributed by atoms with Gasteiger partial charge in [0.1, 0.15) is 29.7 Å². The number of esters is 1. The molecular formula is C42H46F3N4O18PS. The number of ketones is 3. The molecule has 374 valence electrons. The van der Waals surface area contributed by atoms with E-state index >= 15 is 0 Å². The Balaban J connectivity index is 0.000000324. The third kappa shape index (κ3) is 16.1. The van der Waals surface area contributed by atoms with Gasteiger partial charge in [-0.15, -0.1) is 0 Å². The SMILES string of the molecule is CCc1ccc(COc2ccc(-n3c(=O)cc(C(F)(F)F)n(C)c3=O)cc2)c(OC(C)C(=O)OC)c1.CS(=O)(=O)c1ccc(C(=O)C2C(=O)CCCC2=O)c([N+](=O)[O-])c1.O=C(O)CNCP(=O)(O)O. The van der Waals surface area contributed by atoms with Gasteiger partial charge in [0, 0.05) is 43.8 Å². The van der Waals surface area contributed by atoms with E-state index in [0.717, 1.165) is 43.5 Å². The number of carbonyl (C=O) groups excluding carboxylic acids is 4. The topological polar surface area (TPSA) is 324 Å². The number of nitro benzene ring substituents is 1. The van der Waals surface area contributed by atoms with Crippen LogP contribution < -0.4 is 26.0 Å². The van der Waals surface area contributed by atoms with Crippen LogP contribution in [0, 0.1) is 16.0 Å². The fourth-order valence-corrected chi connectivity index (χ4v) is 7.25. The fourth-order valence-electron chi connectivity index (χ4n) is 6.20. The summed E-state index contributed by atoms with van der Waals surface area (Å²) in [5.74, 6) is -4.44. The average molecular weight is 1010 g/mol. The van der Waals surface area contributed by atoms with Crippen molar-refractivity contribution in [3.63, 3.8) is 0 Å². The van der Waals surface area contributed by atoms with Gasteiger partial charge in [-0.1, -0.05) is 19.1 Å². The quantitative estimate of drug-likeness (QED) is 0.0311. The smallest absolute Gasteiger partial charge is 0.431 e. The largest absolute Gasteiger partial charge is 0.489 e. The number of rotatable bonds is 16. The van der Waals surface area contributed by atoms with E-state index in [0.29, 0.717) is 38.7 Å². The normalized spacial score (nSPS) is 13.5. The van der Waals surface area contributed by atoms with E-state index in [1.165, 1.54) is 31.4 Å².